The minimum absolute atomic E-state index is 0.177. The topological polar surface area (TPSA) is 75.7 Å². The SMILES string of the molecule is CCC[C@H](/C=C1\CCCC[C@@H]1NC(=O)C(Cl)(Cl)Cl)C(=O)N1C(=O)OC[C@H]1Cc1ccccc1. The van der Waals surface area contributed by atoms with Crippen molar-refractivity contribution in [1.29, 1.82) is 0 Å². The average Bonchev–Trinajstić information content (AvgIpc) is 3.14. The quantitative estimate of drug-likeness (QED) is 0.392. The highest BCUT2D eigenvalue weighted by atomic mass is 35.6. The number of carbonyl (C=O) groups excluding carboxylic acids is 3. The number of hydrogen-bond donors (Lipinski definition) is 1. The van der Waals surface area contributed by atoms with Crippen LogP contribution < -0.4 is 5.32 Å². The third kappa shape index (κ3) is 6.87. The number of benzene rings is 1. The van der Waals surface area contributed by atoms with Gasteiger partial charge in [-0.1, -0.05) is 96.5 Å². The van der Waals surface area contributed by atoms with Gasteiger partial charge in [0.1, 0.15) is 6.61 Å². The summed E-state index contributed by atoms with van der Waals surface area (Å²) in [4.78, 5) is 39.5. The molecule has 0 spiro atoms. The van der Waals surface area contributed by atoms with Crippen LogP contribution in [0.15, 0.2) is 42.0 Å². The van der Waals surface area contributed by atoms with Crippen LogP contribution in [0.5, 0.6) is 0 Å². The van der Waals surface area contributed by atoms with E-state index in [4.69, 9.17) is 39.5 Å². The summed E-state index contributed by atoms with van der Waals surface area (Å²) >= 11 is 17.2. The summed E-state index contributed by atoms with van der Waals surface area (Å²) in [6.07, 6.45) is 6.48. The van der Waals surface area contributed by atoms with Gasteiger partial charge in [-0.25, -0.2) is 9.69 Å². The summed E-state index contributed by atoms with van der Waals surface area (Å²) in [7, 11) is 0. The van der Waals surface area contributed by atoms with Crippen LogP contribution in [0.1, 0.15) is 51.0 Å². The summed E-state index contributed by atoms with van der Waals surface area (Å²) in [6, 6.07) is 9.06. The molecule has 3 amide bonds. The number of ether oxygens (including phenoxy) is 1. The first kappa shape index (κ1) is 25.9. The lowest BCUT2D eigenvalue weighted by Gasteiger charge is -2.30. The normalized spacial score (nSPS) is 23.3. The van der Waals surface area contributed by atoms with Crippen molar-refractivity contribution < 1.29 is 19.1 Å². The molecular formula is C24H29Cl3N2O4. The van der Waals surface area contributed by atoms with Gasteiger partial charge < -0.3 is 10.1 Å². The molecule has 1 aromatic rings. The summed E-state index contributed by atoms with van der Waals surface area (Å²) in [5, 5.41) is 2.80. The highest BCUT2D eigenvalue weighted by molar-refractivity contribution is 6.76. The number of carbonyl (C=O) groups is 3. The predicted molar refractivity (Wildman–Crippen MR) is 129 cm³/mol. The van der Waals surface area contributed by atoms with E-state index in [1.165, 1.54) is 4.90 Å². The fourth-order valence-corrected chi connectivity index (χ4v) is 4.60. The summed E-state index contributed by atoms with van der Waals surface area (Å²) in [5.74, 6) is -1.46. The molecular weight excluding hydrogens is 487 g/mol. The van der Waals surface area contributed by atoms with Crippen molar-refractivity contribution in [2.45, 2.75) is 67.7 Å². The molecule has 1 heterocycles. The van der Waals surface area contributed by atoms with Crippen molar-refractivity contribution in [1.82, 2.24) is 10.2 Å². The van der Waals surface area contributed by atoms with Gasteiger partial charge in [-0.05, 0) is 37.7 Å². The number of hydrogen-bond acceptors (Lipinski definition) is 4. The maximum Gasteiger partial charge on any atom is 0.417 e. The Morgan fingerprint density at radius 2 is 1.97 bits per heavy atom. The summed E-state index contributed by atoms with van der Waals surface area (Å²) in [5.41, 5.74) is 1.97. The van der Waals surface area contributed by atoms with Crippen molar-refractivity contribution in [3.63, 3.8) is 0 Å². The van der Waals surface area contributed by atoms with Gasteiger partial charge in [0.05, 0.1) is 18.0 Å². The third-order valence-corrected chi connectivity index (χ3v) is 6.58. The molecule has 1 saturated heterocycles. The van der Waals surface area contributed by atoms with E-state index in [9.17, 15) is 14.4 Å². The van der Waals surface area contributed by atoms with Crippen molar-refractivity contribution >= 4 is 52.7 Å². The van der Waals surface area contributed by atoms with E-state index in [1.807, 2.05) is 43.3 Å². The van der Waals surface area contributed by atoms with Crippen LogP contribution >= 0.6 is 34.8 Å². The zero-order valence-corrected chi connectivity index (χ0v) is 20.8. The molecule has 2 aliphatic rings. The van der Waals surface area contributed by atoms with Crippen LogP contribution in [-0.2, 0) is 20.7 Å². The maximum atomic E-state index is 13.5. The lowest BCUT2D eigenvalue weighted by Crippen LogP contribution is -2.45. The van der Waals surface area contributed by atoms with Crippen molar-refractivity contribution in [3.05, 3.63) is 47.5 Å². The second-order valence-electron chi connectivity index (χ2n) is 8.54. The first-order chi connectivity index (χ1) is 15.7. The number of halogens is 3. The van der Waals surface area contributed by atoms with E-state index in [2.05, 4.69) is 5.32 Å². The number of rotatable bonds is 7. The molecule has 1 N–H and O–H groups in total. The number of alkyl halides is 3. The van der Waals surface area contributed by atoms with Gasteiger partial charge in [0.15, 0.2) is 0 Å². The van der Waals surface area contributed by atoms with Crippen molar-refractivity contribution in [2.75, 3.05) is 6.61 Å². The highest BCUT2D eigenvalue weighted by Crippen LogP contribution is 2.31. The highest BCUT2D eigenvalue weighted by Gasteiger charge is 2.40. The number of amides is 3. The molecule has 2 fully saturated rings. The van der Waals surface area contributed by atoms with Gasteiger partial charge >= 0.3 is 6.09 Å². The zero-order chi connectivity index (χ0) is 24.0. The molecule has 180 valence electrons. The molecule has 3 rings (SSSR count). The van der Waals surface area contributed by atoms with Crippen LogP contribution in [0, 0.1) is 5.92 Å². The van der Waals surface area contributed by atoms with Gasteiger partial charge in [-0.3, -0.25) is 9.59 Å². The van der Waals surface area contributed by atoms with Gasteiger partial charge in [0.25, 0.3) is 9.70 Å². The molecule has 9 heteroatoms. The number of imide groups is 1. The Morgan fingerprint density at radius 3 is 2.64 bits per heavy atom. The Hall–Kier alpha value is -1.76. The van der Waals surface area contributed by atoms with Crippen LogP contribution in [-0.4, -0.2) is 45.3 Å². The third-order valence-electron chi connectivity index (χ3n) is 6.06. The Kier molecular flexibility index (Phi) is 9.08. The molecule has 1 aliphatic heterocycles. The number of nitrogens with zero attached hydrogens (tertiary/aromatic N) is 1. The number of cyclic esters (lactones) is 1. The van der Waals surface area contributed by atoms with Gasteiger partial charge in [-0.2, -0.15) is 0 Å². The smallest absolute Gasteiger partial charge is 0.417 e. The molecule has 33 heavy (non-hydrogen) atoms. The van der Waals surface area contributed by atoms with E-state index in [0.717, 1.165) is 36.8 Å². The standard InChI is InChI=1S/C24H29Cl3N2O4/c1-2-8-18(14-17-11-6-7-12-20(17)28-22(31)24(25,26)27)21(30)29-19(15-33-23(29)32)13-16-9-4-3-5-10-16/h3-5,9-10,14,18-20H,2,6-8,11-13,15H2,1H3,(H,28,31)/b17-14+/t18-,19-,20+/m1/s1. The monoisotopic (exact) mass is 514 g/mol. The molecule has 3 atom stereocenters. The van der Waals surface area contributed by atoms with Gasteiger partial charge in [0.2, 0.25) is 5.91 Å². The second-order valence-corrected chi connectivity index (χ2v) is 10.8. The molecule has 0 unspecified atom stereocenters. The minimum Gasteiger partial charge on any atom is -0.447 e. The largest absolute Gasteiger partial charge is 0.447 e. The minimum atomic E-state index is -2.05. The maximum absolute atomic E-state index is 13.5. The van der Waals surface area contributed by atoms with Crippen LogP contribution in [0.4, 0.5) is 4.79 Å². The van der Waals surface area contributed by atoms with Crippen LogP contribution in [0.2, 0.25) is 0 Å². The first-order valence-corrected chi connectivity index (χ1v) is 12.5. The molecule has 1 aliphatic carbocycles. The average molecular weight is 516 g/mol. The summed E-state index contributed by atoms with van der Waals surface area (Å²) < 4.78 is 3.19. The fraction of sp³-hybridized carbons (Fsp3) is 0.542. The van der Waals surface area contributed by atoms with Crippen molar-refractivity contribution in [2.24, 2.45) is 5.92 Å². The summed E-state index contributed by atoms with van der Waals surface area (Å²) in [6.45, 7) is 2.17. The molecule has 1 saturated carbocycles. The fourth-order valence-electron chi connectivity index (χ4n) is 4.43. The molecule has 6 nitrogen and oxygen atoms in total. The zero-order valence-electron chi connectivity index (χ0n) is 18.6. The van der Waals surface area contributed by atoms with Crippen molar-refractivity contribution in [3.8, 4) is 0 Å². The lowest BCUT2D eigenvalue weighted by molar-refractivity contribution is -0.132. The van der Waals surface area contributed by atoms with E-state index < -0.39 is 21.7 Å². The predicted octanol–water partition coefficient (Wildman–Crippen LogP) is 5.35. The number of nitrogens with one attached hydrogen (secondary N) is 1. The molecule has 0 aromatic heterocycles. The van der Waals surface area contributed by atoms with E-state index in [0.29, 0.717) is 19.3 Å². The first-order valence-electron chi connectivity index (χ1n) is 11.3. The van der Waals surface area contributed by atoms with Crippen LogP contribution in [0.25, 0.3) is 0 Å². The molecule has 0 radical (unpaired) electrons. The Labute approximate surface area is 209 Å². The van der Waals surface area contributed by atoms with E-state index >= 15 is 0 Å². The van der Waals surface area contributed by atoms with Crippen LogP contribution in [0.3, 0.4) is 0 Å². The Bertz CT molecular complexity index is 885. The Morgan fingerprint density at radius 1 is 1.24 bits per heavy atom. The molecule has 1 aromatic carbocycles. The molecule has 0 bridgehead atoms. The van der Waals surface area contributed by atoms with Gasteiger partial charge in [-0.15, -0.1) is 0 Å². The second kappa shape index (κ2) is 11.6. The van der Waals surface area contributed by atoms with Gasteiger partial charge in [0, 0.05) is 0 Å². The van der Waals surface area contributed by atoms with E-state index in [1.54, 1.807) is 0 Å². The van der Waals surface area contributed by atoms with E-state index in [-0.39, 0.29) is 24.6 Å². The lowest BCUT2D eigenvalue weighted by atomic mass is 9.86. The Balaban J connectivity index is 1.80.